The van der Waals surface area contributed by atoms with Gasteiger partial charge in [0.2, 0.25) is 11.8 Å². The third-order valence-corrected chi connectivity index (χ3v) is 5.11. The summed E-state index contributed by atoms with van der Waals surface area (Å²) >= 11 is 0. The Kier molecular flexibility index (Phi) is 4.99. The van der Waals surface area contributed by atoms with Gasteiger partial charge in [0.15, 0.2) is 5.82 Å². The van der Waals surface area contributed by atoms with E-state index >= 15 is 0 Å². The van der Waals surface area contributed by atoms with Crippen molar-refractivity contribution >= 4 is 5.91 Å². The van der Waals surface area contributed by atoms with E-state index in [0.717, 1.165) is 51.1 Å². The average molecular weight is 320 g/mol. The Bertz CT molecular complexity index is 542. The van der Waals surface area contributed by atoms with Gasteiger partial charge in [-0.15, -0.1) is 0 Å². The monoisotopic (exact) mass is 320 g/mol. The van der Waals surface area contributed by atoms with Crippen molar-refractivity contribution in [2.45, 2.75) is 63.8 Å². The maximum atomic E-state index is 12.9. The maximum absolute atomic E-state index is 12.9. The minimum absolute atomic E-state index is 0.0546. The van der Waals surface area contributed by atoms with Crippen LogP contribution in [0, 0.1) is 0 Å². The highest BCUT2D eigenvalue weighted by atomic mass is 16.5. The van der Waals surface area contributed by atoms with Gasteiger partial charge in [0.05, 0.1) is 6.04 Å². The number of aromatic nitrogens is 2. The van der Waals surface area contributed by atoms with E-state index in [0.29, 0.717) is 5.89 Å². The van der Waals surface area contributed by atoms with Gasteiger partial charge >= 0.3 is 0 Å². The summed E-state index contributed by atoms with van der Waals surface area (Å²) in [6.07, 6.45) is 5.38. The van der Waals surface area contributed by atoms with Crippen molar-refractivity contribution in [2.75, 3.05) is 26.7 Å². The Balaban J connectivity index is 1.66. The standard InChI is InChI=1S/C17H28N4O2/c1-12(2)16-18-15(19-23-16)13-7-6-10-21(11-13)17(22)14-8-4-5-9-20(14)3/h12-14H,4-11H2,1-3H3/t13-,14+/m1/s1. The number of piperidine rings is 2. The topological polar surface area (TPSA) is 62.5 Å². The second-order valence-corrected chi connectivity index (χ2v) is 7.26. The van der Waals surface area contributed by atoms with Crippen LogP contribution in [0.2, 0.25) is 0 Å². The molecule has 0 radical (unpaired) electrons. The minimum Gasteiger partial charge on any atom is -0.341 e. The number of carbonyl (C=O) groups excluding carboxylic acids is 1. The highest BCUT2D eigenvalue weighted by Gasteiger charge is 2.34. The summed E-state index contributed by atoms with van der Waals surface area (Å²) in [5, 5.41) is 4.15. The summed E-state index contributed by atoms with van der Waals surface area (Å²) in [7, 11) is 2.07. The van der Waals surface area contributed by atoms with E-state index < -0.39 is 0 Å². The number of likely N-dealkylation sites (N-methyl/N-ethyl adjacent to an activating group) is 1. The van der Waals surface area contributed by atoms with Gasteiger partial charge in [0.1, 0.15) is 0 Å². The predicted molar refractivity (Wildman–Crippen MR) is 87.2 cm³/mol. The second kappa shape index (κ2) is 6.99. The number of hydrogen-bond donors (Lipinski definition) is 0. The molecule has 2 aliphatic rings. The molecular formula is C17H28N4O2. The minimum atomic E-state index is 0.0546. The molecule has 0 N–H and O–H groups in total. The molecule has 6 heteroatoms. The predicted octanol–water partition coefficient (Wildman–Crippen LogP) is 2.38. The van der Waals surface area contributed by atoms with Crippen LogP contribution in [0.3, 0.4) is 0 Å². The fourth-order valence-corrected chi connectivity index (χ4v) is 3.63. The van der Waals surface area contributed by atoms with Crippen molar-refractivity contribution in [1.29, 1.82) is 0 Å². The van der Waals surface area contributed by atoms with Gasteiger partial charge in [-0.1, -0.05) is 25.4 Å². The summed E-state index contributed by atoms with van der Waals surface area (Å²) in [5.74, 6) is 2.19. The van der Waals surface area contributed by atoms with Gasteiger partial charge in [-0.25, -0.2) is 0 Å². The Morgan fingerprint density at radius 1 is 1.22 bits per heavy atom. The van der Waals surface area contributed by atoms with Crippen LogP contribution >= 0.6 is 0 Å². The molecule has 0 unspecified atom stereocenters. The molecule has 0 aliphatic carbocycles. The van der Waals surface area contributed by atoms with Gasteiger partial charge in [-0.05, 0) is 39.3 Å². The highest BCUT2D eigenvalue weighted by molar-refractivity contribution is 5.82. The van der Waals surface area contributed by atoms with E-state index in [1.54, 1.807) is 0 Å². The molecule has 6 nitrogen and oxygen atoms in total. The molecule has 2 saturated heterocycles. The Morgan fingerprint density at radius 3 is 2.74 bits per heavy atom. The number of rotatable bonds is 3. The molecule has 128 valence electrons. The van der Waals surface area contributed by atoms with Gasteiger partial charge in [-0.3, -0.25) is 9.69 Å². The van der Waals surface area contributed by atoms with Crippen LogP contribution in [0.15, 0.2) is 4.52 Å². The lowest BCUT2D eigenvalue weighted by molar-refractivity contribution is -0.138. The Hall–Kier alpha value is -1.43. The van der Waals surface area contributed by atoms with Gasteiger partial charge in [0, 0.05) is 24.9 Å². The largest absolute Gasteiger partial charge is 0.341 e. The first-order chi connectivity index (χ1) is 11.1. The lowest BCUT2D eigenvalue weighted by atomic mass is 9.95. The van der Waals surface area contributed by atoms with Crippen molar-refractivity contribution < 1.29 is 9.32 Å². The van der Waals surface area contributed by atoms with Crippen molar-refractivity contribution in [3.8, 4) is 0 Å². The first kappa shape index (κ1) is 16.4. The highest BCUT2D eigenvalue weighted by Crippen LogP contribution is 2.28. The summed E-state index contributed by atoms with van der Waals surface area (Å²) in [4.78, 5) is 21.6. The lowest BCUT2D eigenvalue weighted by Crippen LogP contribution is -2.51. The summed E-state index contributed by atoms with van der Waals surface area (Å²) in [6.45, 7) is 6.70. The number of nitrogens with zero attached hydrogens (tertiary/aromatic N) is 4. The average Bonchev–Trinajstić information content (AvgIpc) is 3.05. The van der Waals surface area contributed by atoms with E-state index in [-0.39, 0.29) is 23.8 Å². The third kappa shape index (κ3) is 3.57. The quantitative estimate of drug-likeness (QED) is 0.855. The molecule has 23 heavy (non-hydrogen) atoms. The van der Waals surface area contributed by atoms with Crippen LogP contribution in [0.5, 0.6) is 0 Å². The van der Waals surface area contributed by atoms with Crippen LogP contribution in [0.25, 0.3) is 0 Å². The Labute approximate surface area is 138 Å². The molecule has 1 amide bonds. The zero-order valence-corrected chi connectivity index (χ0v) is 14.5. The molecule has 3 rings (SSSR count). The van der Waals surface area contributed by atoms with E-state index in [9.17, 15) is 4.79 Å². The zero-order chi connectivity index (χ0) is 16.4. The summed E-state index contributed by atoms with van der Waals surface area (Å²) in [5.41, 5.74) is 0. The molecule has 0 spiro atoms. The van der Waals surface area contributed by atoms with Crippen LogP contribution in [-0.4, -0.2) is 58.6 Å². The number of likely N-dealkylation sites (tertiary alicyclic amines) is 2. The molecule has 0 saturated carbocycles. The SMILES string of the molecule is CC(C)c1nc([C@@H]2CCCN(C(=O)[C@@H]3CCCCN3C)C2)no1. The number of amides is 1. The van der Waals surface area contributed by atoms with Crippen LogP contribution in [-0.2, 0) is 4.79 Å². The maximum Gasteiger partial charge on any atom is 0.239 e. The molecule has 0 aromatic carbocycles. The van der Waals surface area contributed by atoms with E-state index in [2.05, 4.69) is 22.1 Å². The molecule has 1 aromatic rings. The number of carbonyl (C=O) groups is 1. The zero-order valence-electron chi connectivity index (χ0n) is 14.5. The smallest absolute Gasteiger partial charge is 0.239 e. The van der Waals surface area contributed by atoms with Crippen molar-refractivity contribution in [1.82, 2.24) is 19.9 Å². The fourth-order valence-electron chi connectivity index (χ4n) is 3.63. The molecule has 2 fully saturated rings. The van der Waals surface area contributed by atoms with E-state index in [1.165, 1.54) is 6.42 Å². The fraction of sp³-hybridized carbons (Fsp3) is 0.824. The molecule has 0 bridgehead atoms. The van der Waals surface area contributed by atoms with Crippen molar-refractivity contribution in [2.24, 2.45) is 0 Å². The van der Waals surface area contributed by atoms with E-state index in [4.69, 9.17) is 4.52 Å². The summed E-state index contributed by atoms with van der Waals surface area (Å²) in [6, 6.07) is 0.0546. The van der Waals surface area contributed by atoms with E-state index in [1.807, 2.05) is 18.7 Å². The van der Waals surface area contributed by atoms with Crippen molar-refractivity contribution in [3.63, 3.8) is 0 Å². The van der Waals surface area contributed by atoms with Gasteiger partial charge in [0.25, 0.3) is 0 Å². The van der Waals surface area contributed by atoms with Crippen LogP contribution in [0.1, 0.15) is 69.5 Å². The van der Waals surface area contributed by atoms with Crippen molar-refractivity contribution in [3.05, 3.63) is 11.7 Å². The molecule has 2 aliphatic heterocycles. The molecule has 1 aromatic heterocycles. The molecule has 2 atom stereocenters. The van der Waals surface area contributed by atoms with Crippen LogP contribution < -0.4 is 0 Å². The second-order valence-electron chi connectivity index (χ2n) is 7.26. The van der Waals surface area contributed by atoms with Crippen LogP contribution in [0.4, 0.5) is 0 Å². The molecular weight excluding hydrogens is 292 g/mol. The van der Waals surface area contributed by atoms with Gasteiger partial charge < -0.3 is 9.42 Å². The lowest BCUT2D eigenvalue weighted by Gasteiger charge is -2.38. The first-order valence-corrected chi connectivity index (χ1v) is 8.88. The molecule has 3 heterocycles. The normalized spacial score (nSPS) is 26.7. The Morgan fingerprint density at radius 2 is 2.04 bits per heavy atom. The third-order valence-electron chi connectivity index (χ3n) is 5.11. The summed E-state index contributed by atoms with van der Waals surface area (Å²) < 4.78 is 5.34. The van der Waals surface area contributed by atoms with Gasteiger partial charge in [-0.2, -0.15) is 4.98 Å². The number of hydrogen-bond acceptors (Lipinski definition) is 5. The first-order valence-electron chi connectivity index (χ1n) is 8.88.